The van der Waals surface area contributed by atoms with E-state index in [1.165, 1.54) is 6.07 Å². The molecule has 0 bridgehead atoms. The molecule has 0 fully saturated rings. The first-order chi connectivity index (χ1) is 10.5. The van der Waals surface area contributed by atoms with Crippen molar-refractivity contribution in [1.82, 2.24) is 19.4 Å². The summed E-state index contributed by atoms with van der Waals surface area (Å²) in [7, 11) is 1.79. The van der Waals surface area contributed by atoms with E-state index in [0.717, 1.165) is 25.2 Å². The molecule has 0 saturated heterocycles. The second-order valence-electron chi connectivity index (χ2n) is 6.00. The van der Waals surface area contributed by atoms with Gasteiger partial charge in [-0.15, -0.1) is 0 Å². The van der Waals surface area contributed by atoms with Crippen LogP contribution in [0.4, 0.5) is 0 Å². The SMILES string of the molecule is Cc1cc(C(=O)N(C)C[C@H]2CCc3nccn3C2)cc(=O)[nH]1. The molecule has 0 aromatic carbocycles. The molecule has 2 aromatic heterocycles. The fraction of sp³-hybridized carbons (Fsp3) is 0.438. The summed E-state index contributed by atoms with van der Waals surface area (Å²) in [6, 6.07) is 3.08. The Morgan fingerprint density at radius 2 is 2.32 bits per heavy atom. The molecule has 1 N–H and O–H groups in total. The van der Waals surface area contributed by atoms with Crippen LogP contribution < -0.4 is 5.56 Å². The van der Waals surface area contributed by atoms with Gasteiger partial charge in [-0.1, -0.05) is 0 Å². The molecule has 0 spiro atoms. The van der Waals surface area contributed by atoms with Crippen LogP contribution in [0, 0.1) is 12.8 Å². The Hall–Kier alpha value is -2.37. The van der Waals surface area contributed by atoms with Crippen LogP contribution in [-0.2, 0) is 13.0 Å². The summed E-state index contributed by atoms with van der Waals surface area (Å²) in [5, 5.41) is 0. The maximum absolute atomic E-state index is 12.5. The maximum Gasteiger partial charge on any atom is 0.253 e. The molecule has 1 atom stereocenters. The van der Waals surface area contributed by atoms with Crippen LogP contribution in [0.5, 0.6) is 0 Å². The monoisotopic (exact) mass is 300 g/mol. The van der Waals surface area contributed by atoms with Crippen LogP contribution in [0.2, 0.25) is 0 Å². The Balaban J connectivity index is 1.68. The minimum atomic E-state index is -0.238. The molecule has 0 aliphatic carbocycles. The number of hydrogen-bond donors (Lipinski definition) is 1. The number of carbonyl (C=O) groups excluding carboxylic acids is 1. The van der Waals surface area contributed by atoms with E-state index in [0.29, 0.717) is 23.7 Å². The molecule has 2 aromatic rings. The number of aryl methyl sites for hydroxylation is 2. The number of amides is 1. The lowest BCUT2D eigenvalue weighted by Crippen LogP contribution is -2.35. The summed E-state index contributed by atoms with van der Waals surface area (Å²) in [6.07, 6.45) is 5.79. The second-order valence-corrected chi connectivity index (χ2v) is 6.00. The Morgan fingerprint density at radius 1 is 1.50 bits per heavy atom. The van der Waals surface area contributed by atoms with Crippen LogP contribution in [-0.4, -0.2) is 38.9 Å². The standard InChI is InChI=1S/C16H20N4O2/c1-11-7-13(8-15(21)18-11)16(22)19(2)9-12-3-4-14-17-5-6-20(14)10-12/h5-8,12H,3-4,9-10H2,1-2H3,(H,18,21)/t12-/m1/s1. The molecule has 0 saturated carbocycles. The number of pyridine rings is 1. The third-order valence-electron chi connectivity index (χ3n) is 4.14. The second kappa shape index (κ2) is 5.79. The van der Waals surface area contributed by atoms with Gasteiger partial charge in [-0.2, -0.15) is 0 Å². The third-order valence-corrected chi connectivity index (χ3v) is 4.14. The van der Waals surface area contributed by atoms with Gasteiger partial charge in [0.25, 0.3) is 5.91 Å². The molecule has 3 heterocycles. The van der Waals surface area contributed by atoms with Gasteiger partial charge in [0, 0.05) is 56.3 Å². The zero-order valence-corrected chi connectivity index (χ0v) is 12.9. The lowest BCUT2D eigenvalue weighted by Gasteiger charge is -2.28. The Morgan fingerprint density at radius 3 is 3.09 bits per heavy atom. The highest BCUT2D eigenvalue weighted by molar-refractivity contribution is 5.94. The van der Waals surface area contributed by atoms with Crippen molar-refractivity contribution in [2.75, 3.05) is 13.6 Å². The van der Waals surface area contributed by atoms with E-state index in [-0.39, 0.29) is 11.5 Å². The quantitative estimate of drug-likeness (QED) is 0.926. The van der Waals surface area contributed by atoms with E-state index >= 15 is 0 Å². The molecular weight excluding hydrogens is 280 g/mol. The molecule has 3 rings (SSSR count). The molecule has 6 heteroatoms. The van der Waals surface area contributed by atoms with Gasteiger partial charge >= 0.3 is 0 Å². The number of rotatable bonds is 3. The number of hydrogen-bond acceptors (Lipinski definition) is 3. The van der Waals surface area contributed by atoms with Crippen molar-refractivity contribution in [3.05, 3.63) is 52.0 Å². The maximum atomic E-state index is 12.5. The first-order valence-electron chi connectivity index (χ1n) is 7.49. The number of H-pyrrole nitrogens is 1. The van der Waals surface area contributed by atoms with Crippen molar-refractivity contribution in [3.8, 4) is 0 Å². The Kier molecular flexibility index (Phi) is 3.83. The van der Waals surface area contributed by atoms with Crippen LogP contribution in [0.25, 0.3) is 0 Å². The highest BCUT2D eigenvalue weighted by Crippen LogP contribution is 2.20. The first kappa shape index (κ1) is 14.6. The number of nitrogens with zero attached hydrogens (tertiary/aromatic N) is 3. The molecule has 22 heavy (non-hydrogen) atoms. The summed E-state index contributed by atoms with van der Waals surface area (Å²) >= 11 is 0. The fourth-order valence-corrected chi connectivity index (χ4v) is 3.08. The van der Waals surface area contributed by atoms with Crippen molar-refractivity contribution in [1.29, 1.82) is 0 Å². The number of nitrogens with one attached hydrogen (secondary N) is 1. The zero-order chi connectivity index (χ0) is 15.7. The lowest BCUT2D eigenvalue weighted by molar-refractivity contribution is 0.0760. The topological polar surface area (TPSA) is 71.0 Å². The normalized spacial score (nSPS) is 17.1. The van der Waals surface area contributed by atoms with E-state index in [2.05, 4.69) is 14.5 Å². The van der Waals surface area contributed by atoms with Crippen LogP contribution >= 0.6 is 0 Å². The Bertz CT molecular complexity index is 747. The number of fused-ring (bicyclic) bond motifs is 1. The van der Waals surface area contributed by atoms with E-state index in [4.69, 9.17) is 0 Å². The predicted octanol–water partition coefficient (Wildman–Crippen LogP) is 1.21. The fourth-order valence-electron chi connectivity index (χ4n) is 3.08. The molecule has 1 aliphatic heterocycles. The average molecular weight is 300 g/mol. The number of carbonyl (C=O) groups is 1. The predicted molar refractivity (Wildman–Crippen MR) is 82.8 cm³/mol. The van der Waals surface area contributed by atoms with Crippen LogP contribution in [0.1, 0.15) is 28.3 Å². The van der Waals surface area contributed by atoms with Gasteiger partial charge in [0.15, 0.2) is 0 Å². The van der Waals surface area contributed by atoms with Gasteiger partial charge in [-0.3, -0.25) is 9.59 Å². The highest BCUT2D eigenvalue weighted by atomic mass is 16.2. The van der Waals surface area contributed by atoms with Gasteiger partial charge in [-0.25, -0.2) is 4.98 Å². The lowest BCUT2D eigenvalue weighted by atomic mass is 9.98. The molecule has 116 valence electrons. The van der Waals surface area contributed by atoms with E-state index < -0.39 is 0 Å². The summed E-state index contributed by atoms with van der Waals surface area (Å²) in [5.74, 6) is 1.43. The van der Waals surface area contributed by atoms with Crippen LogP contribution in [0.15, 0.2) is 29.3 Å². The molecule has 1 amide bonds. The number of imidazole rings is 1. The van der Waals surface area contributed by atoms with Gasteiger partial charge in [0.1, 0.15) is 5.82 Å². The van der Waals surface area contributed by atoms with Gasteiger partial charge in [-0.05, 0) is 25.3 Å². The number of aromatic amines is 1. The summed E-state index contributed by atoms with van der Waals surface area (Å²) in [6.45, 7) is 3.35. The molecule has 0 radical (unpaired) electrons. The summed E-state index contributed by atoms with van der Waals surface area (Å²) < 4.78 is 2.16. The molecule has 0 unspecified atom stereocenters. The van der Waals surface area contributed by atoms with Crippen molar-refractivity contribution >= 4 is 5.91 Å². The van der Waals surface area contributed by atoms with E-state index in [1.807, 2.05) is 12.4 Å². The van der Waals surface area contributed by atoms with Gasteiger partial charge in [0.05, 0.1) is 0 Å². The van der Waals surface area contributed by atoms with Crippen LogP contribution in [0.3, 0.4) is 0 Å². The minimum Gasteiger partial charge on any atom is -0.341 e. The molecule has 1 aliphatic rings. The first-order valence-corrected chi connectivity index (χ1v) is 7.49. The molecular formula is C16H20N4O2. The molecule has 6 nitrogen and oxygen atoms in total. The van der Waals surface area contributed by atoms with Gasteiger partial charge < -0.3 is 14.5 Å². The van der Waals surface area contributed by atoms with Gasteiger partial charge in [0.2, 0.25) is 5.56 Å². The number of aromatic nitrogens is 3. The highest BCUT2D eigenvalue weighted by Gasteiger charge is 2.22. The van der Waals surface area contributed by atoms with E-state index in [9.17, 15) is 9.59 Å². The summed E-state index contributed by atoms with van der Waals surface area (Å²) in [4.78, 5) is 32.7. The van der Waals surface area contributed by atoms with Crippen molar-refractivity contribution in [2.24, 2.45) is 5.92 Å². The third kappa shape index (κ3) is 2.95. The average Bonchev–Trinajstić information content (AvgIpc) is 2.93. The van der Waals surface area contributed by atoms with Crippen molar-refractivity contribution < 1.29 is 4.79 Å². The Labute approximate surface area is 128 Å². The smallest absolute Gasteiger partial charge is 0.253 e. The van der Waals surface area contributed by atoms with Crippen molar-refractivity contribution in [3.63, 3.8) is 0 Å². The summed E-state index contributed by atoms with van der Waals surface area (Å²) in [5.41, 5.74) is 0.908. The largest absolute Gasteiger partial charge is 0.341 e. The minimum absolute atomic E-state index is 0.106. The zero-order valence-electron chi connectivity index (χ0n) is 12.9. The van der Waals surface area contributed by atoms with E-state index in [1.54, 1.807) is 24.9 Å². The van der Waals surface area contributed by atoms with Crippen molar-refractivity contribution in [2.45, 2.75) is 26.3 Å².